The van der Waals surface area contributed by atoms with E-state index in [9.17, 15) is 4.79 Å². The first-order valence-electron chi connectivity index (χ1n) is 3.89. The molecular formula is C8H11NO2. The highest BCUT2D eigenvalue weighted by Gasteiger charge is 2.17. The van der Waals surface area contributed by atoms with Gasteiger partial charge in [-0.2, -0.15) is 5.26 Å². The van der Waals surface area contributed by atoms with Crippen LogP contribution in [0, 0.1) is 11.3 Å². The zero-order valence-electron chi connectivity index (χ0n) is 6.38. The van der Waals surface area contributed by atoms with Crippen LogP contribution in [0.2, 0.25) is 0 Å². The van der Waals surface area contributed by atoms with Crippen LogP contribution < -0.4 is 0 Å². The van der Waals surface area contributed by atoms with Crippen LogP contribution in [0.15, 0.2) is 0 Å². The number of cyclic esters (lactones) is 1. The molecule has 0 spiro atoms. The van der Waals surface area contributed by atoms with Crippen molar-refractivity contribution in [1.82, 2.24) is 0 Å². The molecule has 3 nitrogen and oxygen atoms in total. The Hall–Kier alpha value is -1.04. The fourth-order valence-electron chi connectivity index (χ4n) is 1.19. The van der Waals surface area contributed by atoms with Gasteiger partial charge in [0, 0.05) is 6.42 Å². The van der Waals surface area contributed by atoms with E-state index in [4.69, 9.17) is 10.00 Å². The summed E-state index contributed by atoms with van der Waals surface area (Å²) in [5, 5.41) is 8.36. The van der Waals surface area contributed by atoms with Crippen LogP contribution in [-0.4, -0.2) is 12.1 Å². The number of rotatable bonds is 1. The van der Waals surface area contributed by atoms with Crippen molar-refractivity contribution in [2.24, 2.45) is 0 Å². The lowest BCUT2D eigenvalue weighted by Crippen LogP contribution is -2.14. The minimum absolute atomic E-state index is 0.144. The smallest absolute Gasteiger partial charge is 0.306 e. The minimum atomic E-state index is -0.150. The van der Waals surface area contributed by atoms with Gasteiger partial charge in [0.05, 0.1) is 12.5 Å². The lowest BCUT2D eigenvalue weighted by Gasteiger charge is -2.09. The molecular weight excluding hydrogens is 142 g/mol. The van der Waals surface area contributed by atoms with Crippen molar-refractivity contribution >= 4 is 5.97 Å². The minimum Gasteiger partial charge on any atom is -0.461 e. The van der Waals surface area contributed by atoms with Gasteiger partial charge in [-0.1, -0.05) is 0 Å². The molecule has 0 aromatic heterocycles. The molecule has 0 radical (unpaired) electrons. The fourth-order valence-corrected chi connectivity index (χ4v) is 1.19. The summed E-state index contributed by atoms with van der Waals surface area (Å²) in [5.74, 6) is -0.150. The SMILES string of the molecule is N#CCC1CCCCC(=O)O1. The first-order chi connectivity index (χ1) is 5.33. The summed E-state index contributed by atoms with van der Waals surface area (Å²) >= 11 is 0. The summed E-state index contributed by atoms with van der Waals surface area (Å²) in [6.07, 6.45) is 3.46. The van der Waals surface area contributed by atoms with Gasteiger partial charge in [-0.3, -0.25) is 4.79 Å². The van der Waals surface area contributed by atoms with Crippen LogP contribution in [-0.2, 0) is 9.53 Å². The highest BCUT2D eigenvalue weighted by atomic mass is 16.5. The summed E-state index contributed by atoms with van der Waals surface area (Å²) in [4.78, 5) is 10.8. The highest BCUT2D eigenvalue weighted by molar-refractivity contribution is 5.69. The van der Waals surface area contributed by atoms with Crippen LogP contribution in [0.4, 0.5) is 0 Å². The highest BCUT2D eigenvalue weighted by Crippen LogP contribution is 2.15. The molecule has 1 rings (SSSR count). The van der Waals surface area contributed by atoms with Crippen molar-refractivity contribution in [3.05, 3.63) is 0 Å². The standard InChI is InChI=1S/C8H11NO2/c9-6-5-7-3-1-2-4-8(10)11-7/h7H,1-5H2. The van der Waals surface area contributed by atoms with E-state index in [2.05, 4.69) is 0 Å². The van der Waals surface area contributed by atoms with Crippen molar-refractivity contribution in [3.8, 4) is 6.07 Å². The van der Waals surface area contributed by atoms with E-state index < -0.39 is 0 Å². The average Bonchev–Trinajstić information content (AvgIpc) is 2.15. The summed E-state index contributed by atoms with van der Waals surface area (Å²) in [6.45, 7) is 0. The maximum absolute atomic E-state index is 10.8. The van der Waals surface area contributed by atoms with Gasteiger partial charge < -0.3 is 4.74 Å². The normalized spacial score (nSPS) is 25.0. The van der Waals surface area contributed by atoms with E-state index in [0.29, 0.717) is 12.8 Å². The second-order valence-corrected chi connectivity index (χ2v) is 2.72. The van der Waals surface area contributed by atoms with Gasteiger partial charge in [0.2, 0.25) is 0 Å². The Labute approximate surface area is 66.0 Å². The number of carbonyl (C=O) groups is 1. The quantitative estimate of drug-likeness (QED) is 0.535. The van der Waals surface area contributed by atoms with Gasteiger partial charge in [0.1, 0.15) is 6.10 Å². The molecule has 0 N–H and O–H groups in total. The summed E-state index contributed by atoms with van der Waals surface area (Å²) in [5.41, 5.74) is 0. The third-order valence-corrected chi connectivity index (χ3v) is 1.77. The van der Waals surface area contributed by atoms with Crippen LogP contribution >= 0.6 is 0 Å². The van der Waals surface area contributed by atoms with Crippen molar-refractivity contribution in [2.75, 3.05) is 0 Å². The molecule has 0 amide bonds. The van der Waals surface area contributed by atoms with E-state index in [1.54, 1.807) is 0 Å². The number of nitrogens with zero attached hydrogens (tertiary/aromatic N) is 1. The third-order valence-electron chi connectivity index (χ3n) is 1.77. The van der Waals surface area contributed by atoms with Gasteiger partial charge in [-0.25, -0.2) is 0 Å². The number of esters is 1. The van der Waals surface area contributed by atoms with E-state index in [-0.39, 0.29) is 12.1 Å². The first kappa shape index (κ1) is 8.06. The number of nitriles is 1. The zero-order chi connectivity index (χ0) is 8.10. The van der Waals surface area contributed by atoms with E-state index in [1.165, 1.54) is 0 Å². The molecule has 0 aromatic carbocycles. The Bertz CT molecular complexity index is 183. The molecule has 1 heterocycles. The number of ether oxygens (including phenoxy) is 1. The molecule has 60 valence electrons. The Balaban J connectivity index is 2.40. The topological polar surface area (TPSA) is 50.1 Å². The summed E-state index contributed by atoms with van der Waals surface area (Å²) in [7, 11) is 0. The summed E-state index contributed by atoms with van der Waals surface area (Å²) < 4.78 is 4.99. The molecule has 1 unspecified atom stereocenters. The van der Waals surface area contributed by atoms with Crippen LogP contribution in [0.5, 0.6) is 0 Å². The van der Waals surface area contributed by atoms with Gasteiger partial charge in [0.15, 0.2) is 0 Å². The lowest BCUT2D eigenvalue weighted by molar-refractivity contribution is -0.147. The second-order valence-electron chi connectivity index (χ2n) is 2.72. The number of hydrogen-bond donors (Lipinski definition) is 0. The Morgan fingerprint density at radius 3 is 3.18 bits per heavy atom. The van der Waals surface area contributed by atoms with Crippen LogP contribution in [0.25, 0.3) is 0 Å². The second kappa shape index (κ2) is 3.97. The lowest BCUT2D eigenvalue weighted by atomic mass is 10.1. The molecule has 0 bridgehead atoms. The van der Waals surface area contributed by atoms with E-state index in [0.717, 1.165) is 19.3 Å². The molecule has 1 atom stereocenters. The fraction of sp³-hybridized carbons (Fsp3) is 0.750. The molecule has 0 aromatic rings. The molecule has 1 aliphatic rings. The predicted octanol–water partition coefficient (Wildman–Crippen LogP) is 1.39. The van der Waals surface area contributed by atoms with E-state index in [1.807, 2.05) is 6.07 Å². The zero-order valence-corrected chi connectivity index (χ0v) is 6.38. The molecule has 0 aliphatic carbocycles. The van der Waals surface area contributed by atoms with Crippen molar-refractivity contribution in [3.63, 3.8) is 0 Å². The largest absolute Gasteiger partial charge is 0.461 e. The summed E-state index contributed by atoms with van der Waals surface area (Å²) in [6, 6.07) is 2.01. The molecule has 0 saturated carbocycles. The van der Waals surface area contributed by atoms with Gasteiger partial charge in [0.25, 0.3) is 0 Å². The van der Waals surface area contributed by atoms with Crippen molar-refractivity contribution in [1.29, 1.82) is 5.26 Å². The monoisotopic (exact) mass is 153 g/mol. The van der Waals surface area contributed by atoms with Gasteiger partial charge in [-0.15, -0.1) is 0 Å². The van der Waals surface area contributed by atoms with Crippen molar-refractivity contribution < 1.29 is 9.53 Å². The Morgan fingerprint density at radius 1 is 1.64 bits per heavy atom. The number of carbonyl (C=O) groups excluding carboxylic acids is 1. The Morgan fingerprint density at radius 2 is 2.45 bits per heavy atom. The maximum Gasteiger partial charge on any atom is 0.306 e. The van der Waals surface area contributed by atoms with E-state index >= 15 is 0 Å². The third kappa shape index (κ3) is 2.58. The van der Waals surface area contributed by atoms with Gasteiger partial charge in [-0.05, 0) is 19.3 Å². The number of hydrogen-bond acceptors (Lipinski definition) is 3. The van der Waals surface area contributed by atoms with Crippen LogP contribution in [0.1, 0.15) is 32.1 Å². The molecule has 1 fully saturated rings. The molecule has 11 heavy (non-hydrogen) atoms. The van der Waals surface area contributed by atoms with Gasteiger partial charge >= 0.3 is 5.97 Å². The van der Waals surface area contributed by atoms with Crippen LogP contribution in [0.3, 0.4) is 0 Å². The van der Waals surface area contributed by atoms with Crippen molar-refractivity contribution in [2.45, 2.75) is 38.2 Å². The molecule has 1 saturated heterocycles. The molecule has 3 heteroatoms. The average molecular weight is 153 g/mol. The molecule has 1 aliphatic heterocycles. The Kier molecular flexibility index (Phi) is 2.91. The first-order valence-corrected chi connectivity index (χ1v) is 3.89. The maximum atomic E-state index is 10.8. The predicted molar refractivity (Wildman–Crippen MR) is 38.6 cm³/mol.